The smallest absolute Gasteiger partial charge is 0.263 e. The Labute approximate surface area is 157 Å². The van der Waals surface area contributed by atoms with Crippen LogP contribution in [0.25, 0.3) is 0 Å². The van der Waals surface area contributed by atoms with Gasteiger partial charge >= 0.3 is 0 Å². The summed E-state index contributed by atoms with van der Waals surface area (Å²) in [4.78, 5) is 37.4. The number of carbonyl (C=O) groups excluding carboxylic acids is 2. The highest BCUT2D eigenvalue weighted by molar-refractivity contribution is 6.00. The predicted molar refractivity (Wildman–Crippen MR) is 102 cm³/mol. The molecule has 3 rings (SSSR count). The molecule has 142 valence electrons. The minimum Gasteiger partial charge on any atom is -0.389 e. The van der Waals surface area contributed by atoms with Crippen LogP contribution in [0, 0.1) is 5.92 Å². The molecule has 0 aliphatic heterocycles. The number of amides is 1. The molecule has 2 N–H and O–H groups in total. The molecule has 2 aromatic rings. The molecule has 1 aliphatic carbocycles. The Hall–Kier alpha value is -2.73. The van der Waals surface area contributed by atoms with Crippen molar-refractivity contribution in [2.45, 2.75) is 38.8 Å². The molecule has 1 saturated carbocycles. The van der Waals surface area contributed by atoms with E-state index in [-0.39, 0.29) is 17.9 Å². The van der Waals surface area contributed by atoms with E-state index in [1.54, 1.807) is 6.92 Å². The first kappa shape index (κ1) is 19.0. The van der Waals surface area contributed by atoms with Crippen LogP contribution < -0.4 is 10.9 Å². The minimum atomic E-state index is -0.616. The molecule has 1 aliphatic rings. The Kier molecular flexibility index (Phi) is 5.56. The molecule has 1 heterocycles. The number of benzene rings is 1. The average molecular weight is 368 g/mol. The molecule has 0 radical (unpaired) electrons. The SMILES string of the molecule is CNC(=O)c1cc(C(=O)CC2CC2)cn(Cc2cccc(C(C)O)c2)c1=O. The van der Waals surface area contributed by atoms with E-state index in [4.69, 9.17) is 0 Å². The number of nitrogens with zero attached hydrogens (tertiary/aromatic N) is 1. The van der Waals surface area contributed by atoms with E-state index in [9.17, 15) is 19.5 Å². The summed E-state index contributed by atoms with van der Waals surface area (Å²) in [6.07, 6.45) is 3.48. The van der Waals surface area contributed by atoms with Crippen LogP contribution in [0.2, 0.25) is 0 Å². The molecule has 27 heavy (non-hydrogen) atoms. The molecule has 1 aromatic carbocycles. The number of hydrogen-bond donors (Lipinski definition) is 2. The maximum absolute atomic E-state index is 12.7. The lowest BCUT2D eigenvalue weighted by atomic mass is 10.0. The summed E-state index contributed by atoms with van der Waals surface area (Å²) in [6, 6.07) is 8.67. The quantitative estimate of drug-likeness (QED) is 0.734. The van der Waals surface area contributed by atoms with Crippen molar-refractivity contribution in [2.75, 3.05) is 7.05 Å². The zero-order valence-corrected chi connectivity index (χ0v) is 15.6. The summed E-state index contributed by atoms with van der Waals surface area (Å²) in [5.41, 5.74) is 1.45. The van der Waals surface area contributed by atoms with Gasteiger partial charge in [0.15, 0.2) is 5.78 Å². The molecule has 0 spiro atoms. The molecular formula is C21H24N2O4. The van der Waals surface area contributed by atoms with Crippen molar-refractivity contribution in [2.24, 2.45) is 5.92 Å². The summed E-state index contributed by atoms with van der Waals surface area (Å²) in [5, 5.41) is 12.2. The van der Waals surface area contributed by atoms with Gasteiger partial charge in [0, 0.05) is 25.2 Å². The van der Waals surface area contributed by atoms with Gasteiger partial charge in [-0.05, 0) is 42.9 Å². The first-order chi connectivity index (χ1) is 12.9. The number of Topliss-reactive ketones (excluding diaryl/α,β-unsaturated/α-hetero) is 1. The van der Waals surface area contributed by atoms with Crippen LogP contribution in [0.5, 0.6) is 0 Å². The number of ketones is 1. The van der Waals surface area contributed by atoms with Gasteiger partial charge in [-0.15, -0.1) is 0 Å². The lowest BCUT2D eigenvalue weighted by molar-refractivity contribution is 0.0961. The van der Waals surface area contributed by atoms with E-state index in [1.807, 2.05) is 24.3 Å². The molecule has 6 heteroatoms. The van der Waals surface area contributed by atoms with Gasteiger partial charge in [0.1, 0.15) is 5.56 Å². The van der Waals surface area contributed by atoms with Crippen molar-refractivity contribution in [1.82, 2.24) is 9.88 Å². The number of pyridine rings is 1. The normalized spacial score (nSPS) is 14.6. The first-order valence-corrected chi connectivity index (χ1v) is 9.15. The fraction of sp³-hybridized carbons (Fsp3) is 0.381. The third-order valence-electron chi connectivity index (χ3n) is 4.84. The second-order valence-corrected chi connectivity index (χ2v) is 7.15. The lowest BCUT2D eigenvalue weighted by Gasteiger charge is -2.12. The van der Waals surface area contributed by atoms with Crippen LogP contribution in [-0.4, -0.2) is 28.4 Å². The largest absolute Gasteiger partial charge is 0.389 e. The first-order valence-electron chi connectivity index (χ1n) is 9.15. The van der Waals surface area contributed by atoms with Gasteiger partial charge in [-0.1, -0.05) is 24.3 Å². The zero-order valence-electron chi connectivity index (χ0n) is 15.6. The number of carbonyl (C=O) groups is 2. The third kappa shape index (κ3) is 4.52. The van der Waals surface area contributed by atoms with Gasteiger partial charge < -0.3 is 15.0 Å². The second-order valence-electron chi connectivity index (χ2n) is 7.15. The van der Waals surface area contributed by atoms with Crippen molar-refractivity contribution >= 4 is 11.7 Å². The van der Waals surface area contributed by atoms with E-state index < -0.39 is 17.6 Å². The lowest BCUT2D eigenvalue weighted by Crippen LogP contribution is -2.32. The average Bonchev–Trinajstić information content (AvgIpc) is 3.46. The Morgan fingerprint density at radius 2 is 2.04 bits per heavy atom. The van der Waals surface area contributed by atoms with Crippen LogP contribution in [0.15, 0.2) is 41.3 Å². The number of aromatic nitrogens is 1. The fourth-order valence-electron chi connectivity index (χ4n) is 3.05. The highest BCUT2D eigenvalue weighted by atomic mass is 16.3. The Morgan fingerprint density at radius 3 is 2.67 bits per heavy atom. The minimum absolute atomic E-state index is 0.0363. The van der Waals surface area contributed by atoms with Crippen LogP contribution in [0.4, 0.5) is 0 Å². The summed E-state index contributed by atoms with van der Waals surface area (Å²) in [6.45, 7) is 1.89. The third-order valence-corrected chi connectivity index (χ3v) is 4.84. The molecule has 1 atom stereocenters. The Bertz CT molecular complexity index is 926. The van der Waals surface area contributed by atoms with Gasteiger partial charge in [-0.25, -0.2) is 0 Å². The van der Waals surface area contributed by atoms with Crippen LogP contribution in [-0.2, 0) is 6.54 Å². The van der Waals surface area contributed by atoms with Gasteiger partial charge in [0.25, 0.3) is 11.5 Å². The summed E-state index contributed by atoms with van der Waals surface area (Å²) in [7, 11) is 1.46. The Morgan fingerprint density at radius 1 is 1.30 bits per heavy atom. The number of aliphatic hydroxyl groups excluding tert-OH is 1. The fourth-order valence-corrected chi connectivity index (χ4v) is 3.05. The van der Waals surface area contributed by atoms with Crippen molar-refractivity contribution in [1.29, 1.82) is 0 Å². The van der Waals surface area contributed by atoms with Crippen molar-refractivity contribution in [3.05, 3.63) is 69.1 Å². The highest BCUT2D eigenvalue weighted by Crippen LogP contribution is 2.33. The maximum Gasteiger partial charge on any atom is 0.263 e. The standard InChI is InChI=1S/C21H24N2O4/c1-13(24)16-5-3-4-15(8-16)11-23-12-17(19(25)9-14-6-7-14)10-18(21(23)27)20(26)22-2/h3-5,8,10,12-14,24H,6-7,9,11H2,1-2H3,(H,22,26). The molecule has 6 nitrogen and oxygen atoms in total. The zero-order chi connectivity index (χ0) is 19.6. The molecule has 1 amide bonds. The van der Waals surface area contributed by atoms with E-state index in [0.717, 1.165) is 24.0 Å². The van der Waals surface area contributed by atoms with E-state index >= 15 is 0 Å². The molecule has 1 unspecified atom stereocenters. The van der Waals surface area contributed by atoms with E-state index in [1.165, 1.54) is 23.9 Å². The Balaban J connectivity index is 1.99. The van der Waals surface area contributed by atoms with Crippen LogP contribution in [0.3, 0.4) is 0 Å². The van der Waals surface area contributed by atoms with Crippen molar-refractivity contribution in [3.63, 3.8) is 0 Å². The number of rotatable bonds is 7. The number of hydrogen-bond acceptors (Lipinski definition) is 4. The van der Waals surface area contributed by atoms with Crippen molar-refractivity contribution in [3.8, 4) is 0 Å². The summed E-state index contributed by atoms with van der Waals surface area (Å²) in [5.74, 6) is -0.134. The summed E-state index contributed by atoms with van der Waals surface area (Å²) < 4.78 is 1.39. The van der Waals surface area contributed by atoms with Crippen molar-refractivity contribution < 1.29 is 14.7 Å². The maximum atomic E-state index is 12.7. The topological polar surface area (TPSA) is 88.4 Å². The van der Waals surface area contributed by atoms with E-state index in [2.05, 4.69) is 5.32 Å². The monoisotopic (exact) mass is 368 g/mol. The van der Waals surface area contributed by atoms with Gasteiger partial charge in [-0.2, -0.15) is 0 Å². The molecule has 1 fully saturated rings. The van der Waals surface area contributed by atoms with Crippen LogP contribution in [0.1, 0.15) is 64.1 Å². The molecule has 0 bridgehead atoms. The van der Waals surface area contributed by atoms with Gasteiger partial charge in [0.2, 0.25) is 0 Å². The highest BCUT2D eigenvalue weighted by Gasteiger charge is 2.26. The predicted octanol–water partition coefficient (Wildman–Crippen LogP) is 2.29. The summed E-state index contributed by atoms with van der Waals surface area (Å²) >= 11 is 0. The van der Waals surface area contributed by atoms with Gasteiger partial charge in [0.05, 0.1) is 12.6 Å². The molecular weight excluding hydrogens is 344 g/mol. The van der Waals surface area contributed by atoms with Crippen LogP contribution >= 0.6 is 0 Å². The second kappa shape index (κ2) is 7.88. The molecule has 0 saturated heterocycles. The van der Waals surface area contributed by atoms with Gasteiger partial charge in [-0.3, -0.25) is 14.4 Å². The molecule has 1 aromatic heterocycles. The number of aliphatic hydroxyl groups is 1. The van der Waals surface area contributed by atoms with E-state index in [0.29, 0.717) is 17.9 Å². The number of nitrogens with one attached hydrogen (secondary N) is 1.